The van der Waals surface area contributed by atoms with Crippen LogP contribution in [0.15, 0.2) is 42.5 Å². The van der Waals surface area contributed by atoms with Gasteiger partial charge in [0.2, 0.25) is 0 Å². The molecule has 5 nitrogen and oxygen atoms in total. The molecule has 2 aliphatic rings. The molecule has 1 saturated heterocycles. The van der Waals surface area contributed by atoms with Crippen molar-refractivity contribution in [3.8, 4) is 6.07 Å². The number of nitrogens with one attached hydrogen (secondary N) is 1. The molecule has 1 aliphatic heterocycles. The number of imide groups is 1. The van der Waals surface area contributed by atoms with Crippen LogP contribution in [0.25, 0.3) is 0 Å². The third-order valence-electron chi connectivity index (χ3n) is 5.42. The summed E-state index contributed by atoms with van der Waals surface area (Å²) in [6.45, 7) is 1.84. The second kappa shape index (κ2) is 5.99. The fourth-order valence-corrected chi connectivity index (χ4v) is 3.86. The molecule has 2 aromatic carbocycles. The summed E-state index contributed by atoms with van der Waals surface area (Å²) in [6.07, 6.45) is 3.22. The first-order valence-corrected chi connectivity index (χ1v) is 8.77. The van der Waals surface area contributed by atoms with E-state index in [0.29, 0.717) is 11.1 Å². The fraction of sp³-hybridized carbons (Fsp3) is 0.286. The molecule has 4 rings (SSSR count). The fourth-order valence-electron chi connectivity index (χ4n) is 3.86. The number of carbonyl (C=O) groups is 2. The van der Waals surface area contributed by atoms with Gasteiger partial charge in [0.05, 0.1) is 18.2 Å². The van der Waals surface area contributed by atoms with E-state index >= 15 is 0 Å². The zero-order valence-corrected chi connectivity index (χ0v) is 14.6. The van der Waals surface area contributed by atoms with Crippen LogP contribution in [0.4, 0.5) is 4.79 Å². The molecule has 26 heavy (non-hydrogen) atoms. The van der Waals surface area contributed by atoms with Crippen molar-refractivity contribution in [2.45, 2.75) is 38.3 Å². The summed E-state index contributed by atoms with van der Waals surface area (Å²) >= 11 is 0. The number of nitrogens with zero attached hydrogens (tertiary/aromatic N) is 2. The maximum absolute atomic E-state index is 13.1. The molecule has 0 unspecified atom stereocenters. The van der Waals surface area contributed by atoms with E-state index in [1.807, 2.05) is 12.1 Å². The first-order valence-electron chi connectivity index (χ1n) is 8.77. The highest BCUT2D eigenvalue weighted by atomic mass is 16.2. The predicted octanol–water partition coefficient (Wildman–Crippen LogP) is 3.01. The number of rotatable bonds is 3. The second-order valence-corrected chi connectivity index (χ2v) is 7.05. The van der Waals surface area contributed by atoms with Gasteiger partial charge in [0.1, 0.15) is 5.54 Å². The molecule has 0 saturated carbocycles. The molecule has 0 bridgehead atoms. The molecular formula is C21H19N3O2. The molecule has 1 atom stereocenters. The number of urea groups is 1. The van der Waals surface area contributed by atoms with E-state index in [0.717, 1.165) is 24.8 Å². The summed E-state index contributed by atoms with van der Waals surface area (Å²) in [6, 6.07) is 14.8. The van der Waals surface area contributed by atoms with Crippen LogP contribution in [0.3, 0.4) is 0 Å². The minimum absolute atomic E-state index is 0.0922. The average molecular weight is 345 g/mol. The molecule has 1 heterocycles. The van der Waals surface area contributed by atoms with Gasteiger partial charge in [-0.25, -0.2) is 4.79 Å². The van der Waals surface area contributed by atoms with Crippen molar-refractivity contribution in [1.29, 1.82) is 5.26 Å². The number of aryl methyl sites for hydroxylation is 2. The summed E-state index contributed by atoms with van der Waals surface area (Å²) in [4.78, 5) is 26.8. The third-order valence-corrected chi connectivity index (χ3v) is 5.42. The molecule has 0 radical (unpaired) electrons. The van der Waals surface area contributed by atoms with Crippen LogP contribution in [-0.4, -0.2) is 16.8 Å². The highest BCUT2D eigenvalue weighted by molar-refractivity contribution is 6.07. The molecule has 3 amide bonds. The van der Waals surface area contributed by atoms with Crippen LogP contribution < -0.4 is 5.32 Å². The van der Waals surface area contributed by atoms with Gasteiger partial charge in [-0.3, -0.25) is 9.69 Å². The molecule has 0 spiro atoms. The van der Waals surface area contributed by atoms with Crippen molar-refractivity contribution >= 4 is 11.9 Å². The van der Waals surface area contributed by atoms with E-state index in [1.165, 1.54) is 16.0 Å². The zero-order chi connectivity index (χ0) is 18.3. The Hall–Kier alpha value is -3.13. The van der Waals surface area contributed by atoms with Crippen molar-refractivity contribution in [3.63, 3.8) is 0 Å². The van der Waals surface area contributed by atoms with Crippen molar-refractivity contribution < 1.29 is 9.59 Å². The Morgan fingerprint density at radius 1 is 1.15 bits per heavy atom. The first kappa shape index (κ1) is 16.3. The average Bonchev–Trinajstić information content (AvgIpc) is 3.20. The van der Waals surface area contributed by atoms with E-state index < -0.39 is 11.6 Å². The highest BCUT2D eigenvalue weighted by Crippen LogP contribution is 2.33. The molecule has 5 heteroatoms. The molecular weight excluding hydrogens is 326 g/mol. The smallest absolute Gasteiger partial charge is 0.319 e. The Balaban J connectivity index is 1.65. The quantitative estimate of drug-likeness (QED) is 0.869. The van der Waals surface area contributed by atoms with Gasteiger partial charge in [0.25, 0.3) is 5.91 Å². The summed E-state index contributed by atoms with van der Waals surface area (Å²) < 4.78 is 0. The number of nitriles is 1. The van der Waals surface area contributed by atoms with Crippen LogP contribution in [0.1, 0.15) is 41.2 Å². The van der Waals surface area contributed by atoms with Crippen molar-refractivity contribution in [3.05, 3.63) is 70.3 Å². The minimum Gasteiger partial charge on any atom is -0.319 e. The van der Waals surface area contributed by atoms with Gasteiger partial charge >= 0.3 is 6.03 Å². The standard InChI is InChI=1S/C21H19N3O2/c1-21(18-10-9-14-7-4-8-15(14)11-18)19(25)24(20(26)23-21)13-17-6-3-2-5-16(17)12-22/h2-3,5-6,9-11H,4,7-8,13H2,1H3,(H,23,26)/t21-/m1/s1. The maximum Gasteiger partial charge on any atom is 0.325 e. The van der Waals surface area contributed by atoms with E-state index in [1.54, 1.807) is 31.2 Å². The van der Waals surface area contributed by atoms with Crippen LogP contribution in [0.5, 0.6) is 0 Å². The number of fused-ring (bicyclic) bond motifs is 1. The Kier molecular flexibility index (Phi) is 3.77. The summed E-state index contributed by atoms with van der Waals surface area (Å²) in [5.74, 6) is -0.284. The monoisotopic (exact) mass is 345 g/mol. The number of carbonyl (C=O) groups excluding carboxylic acids is 2. The Morgan fingerprint density at radius 2 is 1.92 bits per heavy atom. The zero-order valence-electron chi connectivity index (χ0n) is 14.6. The number of hydrogen-bond acceptors (Lipinski definition) is 3. The van der Waals surface area contributed by atoms with E-state index in [4.69, 9.17) is 0 Å². The summed E-state index contributed by atoms with van der Waals surface area (Å²) in [5.41, 5.74) is 3.47. The minimum atomic E-state index is -1.07. The molecule has 0 aromatic heterocycles. The lowest BCUT2D eigenvalue weighted by Crippen LogP contribution is -2.41. The van der Waals surface area contributed by atoms with E-state index in [2.05, 4.69) is 17.5 Å². The second-order valence-electron chi connectivity index (χ2n) is 7.05. The third kappa shape index (κ3) is 2.46. The van der Waals surface area contributed by atoms with Crippen LogP contribution in [0.2, 0.25) is 0 Å². The van der Waals surface area contributed by atoms with Gasteiger partial charge < -0.3 is 5.32 Å². The molecule has 2 aromatic rings. The molecule has 1 aliphatic carbocycles. The highest BCUT2D eigenvalue weighted by Gasteiger charge is 2.49. The van der Waals surface area contributed by atoms with Gasteiger partial charge in [-0.15, -0.1) is 0 Å². The molecule has 1 fully saturated rings. The van der Waals surface area contributed by atoms with E-state index in [-0.39, 0.29) is 12.5 Å². The van der Waals surface area contributed by atoms with Crippen LogP contribution in [0, 0.1) is 11.3 Å². The lowest BCUT2D eigenvalue weighted by Gasteiger charge is -2.23. The lowest BCUT2D eigenvalue weighted by atomic mass is 9.89. The van der Waals surface area contributed by atoms with Crippen molar-refractivity contribution in [2.75, 3.05) is 0 Å². The Morgan fingerprint density at radius 3 is 2.73 bits per heavy atom. The SMILES string of the molecule is C[C@]1(c2ccc3c(c2)CCC3)NC(=O)N(Cc2ccccc2C#N)C1=O. The first-order chi connectivity index (χ1) is 12.5. The number of benzene rings is 2. The molecule has 1 N–H and O–H groups in total. The number of amides is 3. The number of hydrogen-bond donors (Lipinski definition) is 1. The van der Waals surface area contributed by atoms with Gasteiger partial charge in [0.15, 0.2) is 0 Å². The predicted molar refractivity (Wildman–Crippen MR) is 96.1 cm³/mol. The van der Waals surface area contributed by atoms with Gasteiger partial charge in [-0.05, 0) is 54.5 Å². The van der Waals surface area contributed by atoms with Crippen molar-refractivity contribution in [1.82, 2.24) is 10.2 Å². The maximum atomic E-state index is 13.1. The molecule has 130 valence electrons. The largest absolute Gasteiger partial charge is 0.325 e. The van der Waals surface area contributed by atoms with Crippen LogP contribution >= 0.6 is 0 Å². The topological polar surface area (TPSA) is 73.2 Å². The Bertz CT molecular complexity index is 960. The van der Waals surface area contributed by atoms with Gasteiger partial charge in [-0.2, -0.15) is 5.26 Å². The van der Waals surface area contributed by atoms with E-state index in [9.17, 15) is 14.9 Å². The van der Waals surface area contributed by atoms with Gasteiger partial charge in [-0.1, -0.05) is 36.4 Å². The van der Waals surface area contributed by atoms with Crippen LogP contribution in [-0.2, 0) is 29.7 Å². The lowest BCUT2D eigenvalue weighted by molar-refractivity contribution is -0.131. The Labute approximate surface area is 152 Å². The normalized spacial score (nSPS) is 21.5. The van der Waals surface area contributed by atoms with Crippen molar-refractivity contribution in [2.24, 2.45) is 0 Å². The summed E-state index contributed by atoms with van der Waals surface area (Å²) in [7, 11) is 0. The van der Waals surface area contributed by atoms with Gasteiger partial charge in [0, 0.05) is 0 Å². The summed E-state index contributed by atoms with van der Waals surface area (Å²) in [5, 5.41) is 12.1.